The van der Waals surface area contributed by atoms with Gasteiger partial charge in [-0.05, 0) is 49.2 Å². The van der Waals surface area contributed by atoms with E-state index in [0.717, 1.165) is 6.26 Å². The topological polar surface area (TPSA) is 83.5 Å². The van der Waals surface area contributed by atoms with Crippen LogP contribution in [0.1, 0.15) is 34.5 Å². The molecule has 1 amide bonds. The zero-order valence-electron chi connectivity index (χ0n) is 14.2. The van der Waals surface area contributed by atoms with Crippen molar-refractivity contribution in [3.8, 4) is 0 Å². The molecule has 0 radical (unpaired) electrons. The van der Waals surface area contributed by atoms with E-state index in [2.05, 4.69) is 5.32 Å². The number of carbonyl (C=O) groups excluding carboxylic acids is 1. The third-order valence-electron chi connectivity index (χ3n) is 3.89. The molecule has 2 rings (SSSR count). The summed E-state index contributed by atoms with van der Waals surface area (Å²) in [6, 6.07) is 10.6. The van der Waals surface area contributed by atoms with E-state index in [1.54, 1.807) is 50.2 Å². The summed E-state index contributed by atoms with van der Waals surface area (Å²) in [5, 5.41) is 13.6. The van der Waals surface area contributed by atoms with Gasteiger partial charge in [0.1, 0.15) is 0 Å². The van der Waals surface area contributed by atoms with Gasteiger partial charge in [0.05, 0.1) is 17.0 Å². The minimum absolute atomic E-state index is 0.117. The van der Waals surface area contributed by atoms with Gasteiger partial charge in [-0.25, -0.2) is 8.42 Å². The lowest BCUT2D eigenvalue weighted by atomic mass is 10.0. The lowest BCUT2D eigenvalue weighted by Gasteiger charge is -2.21. The number of aliphatic hydroxyl groups is 1. The molecule has 2 N–H and O–H groups in total. The van der Waals surface area contributed by atoms with Crippen molar-refractivity contribution in [2.75, 3.05) is 6.26 Å². The molecule has 25 heavy (non-hydrogen) atoms. The summed E-state index contributed by atoms with van der Waals surface area (Å²) >= 11 is 5.82. The molecule has 0 unspecified atom stereocenters. The van der Waals surface area contributed by atoms with Gasteiger partial charge in [0.15, 0.2) is 9.84 Å². The Hall–Kier alpha value is -1.89. The Morgan fingerprint density at radius 1 is 1.16 bits per heavy atom. The molecule has 134 valence electrons. The van der Waals surface area contributed by atoms with E-state index in [0.29, 0.717) is 16.1 Å². The van der Waals surface area contributed by atoms with E-state index in [-0.39, 0.29) is 10.5 Å². The van der Waals surface area contributed by atoms with Crippen molar-refractivity contribution in [3.63, 3.8) is 0 Å². The summed E-state index contributed by atoms with van der Waals surface area (Å²) in [5.41, 5.74) is 1.42. The van der Waals surface area contributed by atoms with Crippen molar-refractivity contribution in [1.29, 1.82) is 0 Å². The lowest BCUT2D eigenvalue weighted by Crippen LogP contribution is -2.37. The van der Waals surface area contributed by atoms with Gasteiger partial charge in [0.2, 0.25) is 0 Å². The quantitative estimate of drug-likeness (QED) is 0.834. The van der Waals surface area contributed by atoms with Crippen LogP contribution < -0.4 is 5.32 Å². The van der Waals surface area contributed by atoms with E-state index in [1.165, 1.54) is 6.07 Å². The molecule has 0 spiro atoms. The van der Waals surface area contributed by atoms with Gasteiger partial charge < -0.3 is 10.4 Å². The summed E-state index contributed by atoms with van der Waals surface area (Å²) in [6.45, 7) is 3.34. The number of carbonyl (C=O) groups is 1. The van der Waals surface area contributed by atoms with Crippen molar-refractivity contribution < 1.29 is 18.3 Å². The fourth-order valence-corrected chi connectivity index (χ4v) is 3.58. The normalized spacial score (nSPS) is 14.0. The predicted octanol–water partition coefficient (Wildman–Crippen LogP) is 2.90. The fraction of sp³-hybridized carbons (Fsp3) is 0.278. The van der Waals surface area contributed by atoms with Crippen LogP contribution in [0.5, 0.6) is 0 Å². The van der Waals surface area contributed by atoms with Crippen LogP contribution in [0.4, 0.5) is 0 Å². The number of benzene rings is 2. The average molecular weight is 382 g/mol. The summed E-state index contributed by atoms with van der Waals surface area (Å²) < 4.78 is 23.6. The number of hydrogen-bond donors (Lipinski definition) is 2. The van der Waals surface area contributed by atoms with Gasteiger partial charge in [0, 0.05) is 16.8 Å². The zero-order chi connectivity index (χ0) is 18.8. The number of sulfone groups is 1. The SMILES string of the molecule is Cc1ccc(C(=O)N[C@@H](C)[C@@H](O)c2ccc(Cl)cc2)cc1S(C)(=O)=O. The summed E-state index contributed by atoms with van der Waals surface area (Å²) in [4.78, 5) is 12.5. The maximum Gasteiger partial charge on any atom is 0.251 e. The number of hydrogen-bond acceptors (Lipinski definition) is 4. The zero-order valence-corrected chi connectivity index (χ0v) is 15.7. The standard InChI is InChI=1S/C18H20ClNO4S/c1-11-4-5-14(10-16(11)25(3,23)24)18(22)20-12(2)17(21)13-6-8-15(19)9-7-13/h4-10,12,17,21H,1-3H3,(H,20,22)/t12-,17+/m0/s1. The highest BCUT2D eigenvalue weighted by molar-refractivity contribution is 7.90. The van der Waals surface area contributed by atoms with Crippen molar-refractivity contribution in [3.05, 3.63) is 64.2 Å². The van der Waals surface area contributed by atoms with E-state index < -0.39 is 27.9 Å². The molecular weight excluding hydrogens is 362 g/mol. The molecule has 0 heterocycles. The van der Waals surface area contributed by atoms with Crippen molar-refractivity contribution in [2.24, 2.45) is 0 Å². The van der Waals surface area contributed by atoms with E-state index >= 15 is 0 Å². The van der Waals surface area contributed by atoms with Crippen LogP contribution in [0, 0.1) is 6.92 Å². The van der Waals surface area contributed by atoms with Gasteiger partial charge in [0.25, 0.3) is 5.91 Å². The number of rotatable bonds is 5. The minimum atomic E-state index is -3.42. The molecule has 0 saturated carbocycles. The monoisotopic (exact) mass is 381 g/mol. The van der Waals surface area contributed by atoms with Crippen LogP contribution in [0.3, 0.4) is 0 Å². The van der Waals surface area contributed by atoms with Crippen LogP contribution in [0.25, 0.3) is 0 Å². The molecule has 2 atom stereocenters. The van der Waals surface area contributed by atoms with Crippen LogP contribution in [0.15, 0.2) is 47.4 Å². The maximum atomic E-state index is 12.4. The Bertz CT molecular complexity index is 878. The van der Waals surface area contributed by atoms with Crippen LogP contribution in [-0.2, 0) is 9.84 Å². The molecule has 0 saturated heterocycles. The number of halogens is 1. The minimum Gasteiger partial charge on any atom is -0.386 e. The molecule has 2 aromatic carbocycles. The number of aliphatic hydroxyl groups excluding tert-OH is 1. The number of amides is 1. The van der Waals surface area contributed by atoms with Gasteiger partial charge in [-0.3, -0.25) is 4.79 Å². The molecule has 0 aliphatic rings. The molecular formula is C18H20ClNO4S. The van der Waals surface area contributed by atoms with Crippen LogP contribution >= 0.6 is 11.6 Å². The highest BCUT2D eigenvalue weighted by Gasteiger charge is 2.20. The van der Waals surface area contributed by atoms with E-state index in [4.69, 9.17) is 11.6 Å². The third-order valence-corrected chi connectivity index (χ3v) is 5.38. The van der Waals surface area contributed by atoms with Crippen molar-refractivity contribution in [2.45, 2.75) is 30.9 Å². The Morgan fingerprint density at radius 3 is 2.32 bits per heavy atom. The molecule has 5 nitrogen and oxygen atoms in total. The second-order valence-electron chi connectivity index (χ2n) is 6.01. The van der Waals surface area contributed by atoms with Gasteiger partial charge in [-0.1, -0.05) is 29.8 Å². The van der Waals surface area contributed by atoms with E-state index in [1.807, 2.05) is 0 Å². The second-order valence-corrected chi connectivity index (χ2v) is 8.43. The number of aryl methyl sites for hydroxylation is 1. The average Bonchev–Trinajstić information content (AvgIpc) is 2.54. The lowest BCUT2D eigenvalue weighted by molar-refractivity contribution is 0.0852. The van der Waals surface area contributed by atoms with Gasteiger partial charge in [-0.2, -0.15) is 0 Å². The van der Waals surface area contributed by atoms with E-state index in [9.17, 15) is 18.3 Å². The molecule has 0 aromatic heterocycles. The molecule has 0 aliphatic carbocycles. The maximum absolute atomic E-state index is 12.4. The molecule has 7 heteroatoms. The molecule has 2 aromatic rings. The Kier molecular flexibility index (Phi) is 5.87. The third kappa shape index (κ3) is 4.81. The van der Waals surface area contributed by atoms with Gasteiger partial charge >= 0.3 is 0 Å². The smallest absolute Gasteiger partial charge is 0.251 e. The fourth-order valence-electron chi connectivity index (χ4n) is 2.46. The Labute approximate surface area is 152 Å². The highest BCUT2D eigenvalue weighted by Crippen LogP contribution is 2.21. The summed E-state index contributed by atoms with van der Waals surface area (Å²) in [7, 11) is -3.42. The first-order valence-corrected chi connectivity index (χ1v) is 9.91. The van der Waals surface area contributed by atoms with Crippen molar-refractivity contribution in [1.82, 2.24) is 5.32 Å². The summed E-state index contributed by atoms with van der Waals surface area (Å²) in [5.74, 6) is -0.453. The predicted molar refractivity (Wildman–Crippen MR) is 97.6 cm³/mol. The molecule has 0 bridgehead atoms. The first-order chi connectivity index (χ1) is 11.6. The first-order valence-electron chi connectivity index (χ1n) is 7.64. The highest BCUT2D eigenvalue weighted by atomic mass is 35.5. The second kappa shape index (κ2) is 7.56. The summed E-state index contributed by atoms with van der Waals surface area (Å²) in [6.07, 6.45) is 0.185. The van der Waals surface area contributed by atoms with Gasteiger partial charge in [-0.15, -0.1) is 0 Å². The Morgan fingerprint density at radius 2 is 1.76 bits per heavy atom. The first kappa shape index (κ1) is 19.4. The molecule has 0 aliphatic heterocycles. The van der Waals surface area contributed by atoms with Crippen molar-refractivity contribution >= 4 is 27.3 Å². The number of nitrogens with one attached hydrogen (secondary N) is 1. The molecule has 0 fully saturated rings. The van der Waals surface area contributed by atoms with Crippen LogP contribution in [-0.4, -0.2) is 31.7 Å². The van der Waals surface area contributed by atoms with Crippen LogP contribution in [0.2, 0.25) is 5.02 Å². The Balaban J connectivity index is 2.17. The largest absolute Gasteiger partial charge is 0.386 e.